The van der Waals surface area contributed by atoms with Crippen LogP contribution < -0.4 is 0 Å². The summed E-state index contributed by atoms with van der Waals surface area (Å²) in [6.07, 6.45) is 0.560. The van der Waals surface area contributed by atoms with Crippen molar-refractivity contribution in [3.63, 3.8) is 0 Å². The van der Waals surface area contributed by atoms with Gasteiger partial charge in [-0.05, 0) is 28.7 Å². The van der Waals surface area contributed by atoms with Crippen molar-refractivity contribution < 1.29 is 19.5 Å². The third kappa shape index (κ3) is 4.56. The Morgan fingerprint density at radius 3 is 1.35 bits per heavy atom. The number of carboxylic acid groups (broad SMARTS) is 1. The van der Waals surface area contributed by atoms with Crippen LogP contribution in [0.5, 0.6) is 0 Å². The first-order valence-corrected chi connectivity index (χ1v) is 13.6. The predicted octanol–water partition coefficient (Wildman–Crippen LogP) is 4.92. The van der Waals surface area contributed by atoms with E-state index in [0.717, 1.165) is 22.3 Å². The minimum atomic E-state index is -1.12. The zero-order valence-corrected chi connectivity index (χ0v) is 21.9. The summed E-state index contributed by atoms with van der Waals surface area (Å²) in [4.78, 5) is 44.4. The minimum absolute atomic E-state index is 0.125. The van der Waals surface area contributed by atoms with Gasteiger partial charge in [0.2, 0.25) is 11.8 Å². The maximum atomic E-state index is 14.2. The van der Waals surface area contributed by atoms with Crippen LogP contribution in [0.25, 0.3) is 0 Å². The van der Waals surface area contributed by atoms with Crippen molar-refractivity contribution in [2.45, 2.75) is 36.4 Å². The molecule has 0 saturated carbocycles. The van der Waals surface area contributed by atoms with E-state index >= 15 is 0 Å². The van der Waals surface area contributed by atoms with E-state index in [1.54, 1.807) is 4.90 Å². The number of nitrogens with zero attached hydrogens (tertiary/aromatic N) is 2. The molecule has 2 aliphatic heterocycles. The molecule has 40 heavy (non-hydrogen) atoms. The number of likely N-dealkylation sites (tertiary alicyclic amines) is 2. The Kier molecular flexibility index (Phi) is 6.91. The monoisotopic (exact) mass is 530 g/mol. The number of carbonyl (C=O) groups is 3. The Bertz CT molecular complexity index is 1420. The van der Waals surface area contributed by atoms with Gasteiger partial charge < -0.3 is 14.9 Å². The third-order valence-electron chi connectivity index (χ3n) is 8.19. The van der Waals surface area contributed by atoms with Gasteiger partial charge in [-0.1, -0.05) is 121 Å². The molecule has 0 radical (unpaired) electrons. The molecule has 0 aliphatic carbocycles. The van der Waals surface area contributed by atoms with Gasteiger partial charge in [-0.2, -0.15) is 0 Å². The summed E-state index contributed by atoms with van der Waals surface area (Å²) in [5.41, 5.74) is 3.33. The first-order valence-electron chi connectivity index (χ1n) is 13.6. The lowest BCUT2D eigenvalue weighted by molar-refractivity contribution is -0.180. The lowest BCUT2D eigenvalue weighted by Gasteiger charge is -2.59. The second kappa shape index (κ2) is 10.8. The fourth-order valence-electron chi connectivity index (χ4n) is 6.35. The van der Waals surface area contributed by atoms with Gasteiger partial charge in [-0.25, -0.2) is 4.79 Å². The molecule has 6 nitrogen and oxygen atoms in total. The molecule has 0 spiro atoms. The van der Waals surface area contributed by atoms with Crippen LogP contribution in [0.2, 0.25) is 0 Å². The van der Waals surface area contributed by atoms with Crippen LogP contribution in [0.15, 0.2) is 121 Å². The molecule has 6 heteroatoms. The summed E-state index contributed by atoms with van der Waals surface area (Å²) >= 11 is 0. The van der Waals surface area contributed by atoms with Crippen molar-refractivity contribution in [3.05, 3.63) is 144 Å². The zero-order valence-electron chi connectivity index (χ0n) is 21.9. The molecule has 2 fully saturated rings. The summed E-state index contributed by atoms with van der Waals surface area (Å²) in [5.74, 6) is -2.66. The Morgan fingerprint density at radius 2 is 0.975 bits per heavy atom. The van der Waals surface area contributed by atoms with Crippen molar-refractivity contribution in [2.75, 3.05) is 6.54 Å². The molecule has 6 rings (SSSR count). The average molecular weight is 531 g/mol. The van der Waals surface area contributed by atoms with Gasteiger partial charge in [0, 0.05) is 6.54 Å². The van der Waals surface area contributed by atoms with Crippen molar-refractivity contribution >= 4 is 17.8 Å². The van der Waals surface area contributed by atoms with E-state index in [2.05, 4.69) is 0 Å². The van der Waals surface area contributed by atoms with Gasteiger partial charge in [-0.15, -0.1) is 0 Å². The molecule has 200 valence electrons. The average Bonchev–Trinajstić information content (AvgIpc) is 2.99. The number of hydrogen-bond acceptors (Lipinski definition) is 3. The van der Waals surface area contributed by atoms with E-state index < -0.39 is 29.9 Å². The topological polar surface area (TPSA) is 77.9 Å². The number of piperidine rings is 1. The summed E-state index contributed by atoms with van der Waals surface area (Å²) in [5, 5.41) is 10.4. The Balaban J connectivity index is 1.33. The van der Waals surface area contributed by atoms with Crippen LogP contribution in [-0.2, 0) is 14.4 Å². The fourth-order valence-corrected chi connectivity index (χ4v) is 6.35. The molecule has 3 atom stereocenters. The number of fused-ring (bicyclic) bond motifs is 2. The molecule has 2 heterocycles. The highest BCUT2D eigenvalue weighted by molar-refractivity contribution is 5.94. The predicted molar refractivity (Wildman–Crippen MR) is 152 cm³/mol. The molecular formula is C34H30N2O4. The number of carbonyl (C=O) groups excluding carboxylic acids is 2. The van der Waals surface area contributed by atoms with E-state index in [9.17, 15) is 19.5 Å². The molecule has 2 aliphatic rings. The van der Waals surface area contributed by atoms with Gasteiger partial charge in [-0.3, -0.25) is 9.59 Å². The van der Waals surface area contributed by atoms with Gasteiger partial charge in [0.25, 0.3) is 0 Å². The molecule has 4 aromatic rings. The summed E-state index contributed by atoms with van der Waals surface area (Å²) in [6, 6.07) is 36.1. The highest BCUT2D eigenvalue weighted by atomic mass is 16.4. The molecule has 4 aromatic carbocycles. The van der Waals surface area contributed by atoms with Gasteiger partial charge >= 0.3 is 5.97 Å². The maximum Gasteiger partial charge on any atom is 0.328 e. The van der Waals surface area contributed by atoms with Gasteiger partial charge in [0.05, 0.1) is 23.9 Å². The Hall–Kier alpha value is -4.71. The summed E-state index contributed by atoms with van der Waals surface area (Å²) in [6.45, 7) is 0.185. The van der Waals surface area contributed by atoms with Crippen LogP contribution in [-0.4, -0.2) is 57.4 Å². The Morgan fingerprint density at radius 1 is 0.600 bits per heavy atom. The summed E-state index contributed by atoms with van der Waals surface area (Å²) in [7, 11) is 0. The van der Waals surface area contributed by atoms with E-state index in [4.69, 9.17) is 0 Å². The molecule has 2 saturated heterocycles. The first kappa shape index (κ1) is 25.6. The second-order valence-corrected chi connectivity index (χ2v) is 10.5. The molecule has 2 amide bonds. The van der Waals surface area contributed by atoms with Crippen LogP contribution in [0.4, 0.5) is 0 Å². The van der Waals surface area contributed by atoms with Crippen molar-refractivity contribution in [1.82, 2.24) is 9.80 Å². The molecule has 0 aromatic heterocycles. The quantitative estimate of drug-likeness (QED) is 0.368. The van der Waals surface area contributed by atoms with Gasteiger partial charge in [0.15, 0.2) is 0 Å². The van der Waals surface area contributed by atoms with Crippen molar-refractivity contribution in [2.24, 2.45) is 0 Å². The second-order valence-electron chi connectivity index (χ2n) is 10.5. The van der Waals surface area contributed by atoms with Crippen LogP contribution in [0, 0.1) is 0 Å². The number of piperazine rings is 1. The van der Waals surface area contributed by atoms with E-state index in [1.807, 2.05) is 121 Å². The van der Waals surface area contributed by atoms with E-state index in [1.165, 1.54) is 4.90 Å². The number of benzene rings is 4. The number of carboxylic acids is 1. The first-order chi connectivity index (χ1) is 19.5. The fraction of sp³-hybridized carbons (Fsp3) is 0.206. The lowest BCUT2D eigenvalue weighted by atomic mass is 9.77. The normalized spacial score (nSPS) is 19.8. The molecular weight excluding hydrogens is 500 g/mol. The largest absolute Gasteiger partial charge is 0.480 e. The minimum Gasteiger partial charge on any atom is -0.480 e. The van der Waals surface area contributed by atoms with E-state index in [0.29, 0.717) is 6.42 Å². The SMILES string of the molecule is O=C(O)[C@@H]1[C@H]2C[C@@H](CN1C(=O)C(c1ccccc1)c1ccccc1)N2C(=O)C(c1ccccc1)c1ccccc1. The van der Waals surface area contributed by atoms with Crippen LogP contribution in [0.1, 0.15) is 40.5 Å². The Labute approximate surface area is 233 Å². The molecule has 1 N–H and O–H groups in total. The highest BCUT2D eigenvalue weighted by Crippen LogP contribution is 2.42. The number of aliphatic carboxylic acids is 1. The number of rotatable bonds is 7. The van der Waals surface area contributed by atoms with Crippen LogP contribution in [0.3, 0.4) is 0 Å². The van der Waals surface area contributed by atoms with Crippen LogP contribution >= 0.6 is 0 Å². The van der Waals surface area contributed by atoms with E-state index in [-0.39, 0.29) is 24.4 Å². The third-order valence-corrected chi connectivity index (χ3v) is 8.19. The number of hydrogen-bond donors (Lipinski definition) is 1. The van der Waals surface area contributed by atoms with Gasteiger partial charge in [0.1, 0.15) is 6.04 Å². The van der Waals surface area contributed by atoms with Crippen molar-refractivity contribution in [3.8, 4) is 0 Å². The molecule has 2 bridgehead atoms. The standard InChI is InChI=1S/C34H30N2O4/c37-32(29(23-13-5-1-6-14-23)24-15-7-2-8-16-24)35-22-27-21-28(31(35)34(39)40)36(27)33(38)30(25-17-9-3-10-18-25)26-19-11-4-12-20-26/h1-20,27-31H,21-22H2,(H,39,40)/t27-,28+,31-/m0/s1. The zero-order chi connectivity index (χ0) is 27.6. The maximum absolute atomic E-state index is 14.2. The summed E-state index contributed by atoms with van der Waals surface area (Å²) < 4.78 is 0. The van der Waals surface area contributed by atoms with Crippen molar-refractivity contribution in [1.29, 1.82) is 0 Å². The lowest BCUT2D eigenvalue weighted by Crippen LogP contribution is -2.77. The highest BCUT2D eigenvalue weighted by Gasteiger charge is 2.58. The number of amides is 2. The molecule has 0 unspecified atom stereocenters. The smallest absolute Gasteiger partial charge is 0.328 e.